The van der Waals surface area contributed by atoms with Crippen LogP contribution in [-0.2, 0) is 13.5 Å². The molecule has 1 N–H and O–H groups in total. The summed E-state index contributed by atoms with van der Waals surface area (Å²) in [6.45, 7) is 2.63. The van der Waals surface area contributed by atoms with Gasteiger partial charge in [-0.15, -0.1) is 0 Å². The number of imidazole rings is 1. The first kappa shape index (κ1) is 11.6. The Labute approximate surface area is 100 Å². The maximum Gasteiger partial charge on any atom is 0.125 e. The van der Waals surface area contributed by atoms with Crippen LogP contribution in [0.1, 0.15) is 11.4 Å². The standard InChI is InChI=1S/C13H16FN3/c1-10-7-11(14)9-12(8-10)15-4-3-13-16-5-6-17(13)2/h5-9,15H,3-4H2,1-2H3. The molecule has 0 saturated carbocycles. The molecule has 90 valence electrons. The fourth-order valence-electron chi connectivity index (χ4n) is 1.79. The van der Waals surface area contributed by atoms with Crippen LogP contribution in [0.3, 0.4) is 0 Å². The molecule has 0 aliphatic carbocycles. The monoisotopic (exact) mass is 233 g/mol. The lowest BCUT2D eigenvalue weighted by Crippen LogP contribution is -2.08. The van der Waals surface area contributed by atoms with Crippen LogP contribution < -0.4 is 5.32 Å². The maximum atomic E-state index is 13.1. The minimum atomic E-state index is -0.204. The Bertz CT molecular complexity index is 485. The van der Waals surface area contributed by atoms with E-state index in [1.54, 1.807) is 6.20 Å². The highest BCUT2D eigenvalue weighted by Gasteiger charge is 2.00. The molecular formula is C13H16FN3. The molecule has 0 bridgehead atoms. The second-order valence-electron chi connectivity index (χ2n) is 4.15. The predicted molar refractivity (Wildman–Crippen MR) is 66.5 cm³/mol. The van der Waals surface area contributed by atoms with Crippen molar-refractivity contribution >= 4 is 5.69 Å². The Morgan fingerprint density at radius 2 is 2.18 bits per heavy atom. The molecule has 0 radical (unpaired) electrons. The molecule has 2 rings (SSSR count). The molecular weight excluding hydrogens is 217 g/mol. The van der Waals surface area contributed by atoms with Crippen LogP contribution >= 0.6 is 0 Å². The summed E-state index contributed by atoms with van der Waals surface area (Å²) >= 11 is 0. The zero-order valence-corrected chi connectivity index (χ0v) is 10.1. The molecule has 0 unspecified atom stereocenters. The predicted octanol–water partition coefficient (Wildman–Crippen LogP) is 2.52. The first-order valence-corrected chi connectivity index (χ1v) is 5.62. The van der Waals surface area contributed by atoms with Gasteiger partial charge in [0.2, 0.25) is 0 Å². The van der Waals surface area contributed by atoms with Crippen molar-refractivity contribution in [3.63, 3.8) is 0 Å². The van der Waals surface area contributed by atoms with Gasteiger partial charge in [0.15, 0.2) is 0 Å². The summed E-state index contributed by atoms with van der Waals surface area (Å²) in [5, 5.41) is 3.20. The molecule has 1 aromatic heterocycles. The highest BCUT2D eigenvalue weighted by Crippen LogP contribution is 2.13. The van der Waals surface area contributed by atoms with E-state index in [0.29, 0.717) is 0 Å². The molecule has 0 saturated heterocycles. The lowest BCUT2D eigenvalue weighted by Gasteiger charge is -2.07. The topological polar surface area (TPSA) is 29.9 Å². The van der Waals surface area contributed by atoms with Gasteiger partial charge in [0, 0.05) is 38.1 Å². The van der Waals surface area contributed by atoms with Gasteiger partial charge in [0.1, 0.15) is 11.6 Å². The molecule has 0 aliphatic rings. The Balaban J connectivity index is 1.92. The first-order valence-electron chi connectivity index (χ1n) is 5.62. The number of hydrogen-bond donors (Lipinski definition) is 1. The van der Waals surface area contributed by atoms with Gasteiger partial charge in [-0.3, -0.25) is 0 Å². The van der Waals surface area contributed by atoms with E-state index in [4.69, 9.17) is 0 Å². The van der Waals surface area contributed by atoms with Crippen LogP contribution in [0.5, 0.6) is 0 Å². The highest BCUT2D eigenvalue weighted by molar-refractivity contribution is 5.45. The molecule has 17 heavy (non-hydrogen) atoms. The van der Waals surface area contributed by atoms with Crippen molar-refractivity contribution in [1.29, 1.82) is 0 Å². The Morgan fingerprint density at radius 1 is 1.35 bits per heavy atom. The summed E-state index contributed by atoms with van der Waals surface area (Å²) in [7, 11) is 1.97. The average molecular weight is 233 g/mol. The fourth-order valence-corrected chi connectivity index (χ4v) is 1.79. The van der Waals surface area contributed by atoms with Crippen molar-refractivity contribution in [2.24, 2.45) is 7.05 Å². The van der Waals surface area contributed by atoms with Gasteiger partial charge >= 0.3 is 0 Å². The minimum absolute atomic E-state index is 0.204. The van der Waals surface area contributed by atoms with E-state index in [-0.39, 0.29) is 5.82 Å². The molecule has 1 heterocycles. The normalized spacial score (nSPS) is 10.5. The Morgan fingerprint density at radius 3 is 2.82 bits per heavy atom. The SMILES string of the molecule is Cc1cc(F)cc(NCCc2nccn2C)c1. The quantitative estimate of drug-likeness (QED) is 0.879. The second kappa shape index (κ2) is 4.99. The van der Waals surface area contributed by atoms with E-state index < -0.39 is 0 Å². The molecule has 0 amide bonds. The summed E-state index contributed by atoms with van der Waals surface area (Å²) in [6.07, 6.45) is 4.52. The molecule has 2 aromatic rings. The number of aromatic nitrogens is 2. The average Bonchev–Trinajstić information content (AvgIpc) is 2.63. The number of rotatable bonds is 4. The van der Waals surface area contributed by atoms with Crippen molar-refractivity contribution < 1.29 is 4.39 Å². The number of nitrogens with zero attached hydrogens (tertiary/aromatic N) is 2. The van der Waals surface area contributed by atoms with Gasteiger partial charge in [-0.05, 0) is 30.7 Å². The molecule has 0 fully saturated rings. The van der Waals surface area contributed by atoms with Gasteiger partial charge in [0.05, 0.1) is 0 Å². The van der Waals surface area contributed by atoms with Crippen LogP contribution in [0.15, 0.2) is 30.6 Å². The molecule has 4 heteroatoms. The van der Waals surface area contributed by atoms with Crippen molar-refractivity contribution in [3.8, 4) is 0 Å². The minimum Gasteiger partial charge on any atom is -0.385 e. The van der Waals surface area contributed by atoms with Gasteiger partial charge in [0.25, 0.3) is 0 Å². The van der Waals surface area contributed by atoms with Gasteiger partial charge in [-0.1, -0.05) is 0 Å². The maximum absolute atomic E-state index is 13.1. The Hall–Kier alpha value is -1.84. The number of aryl methyl sites for hydroxylation is 2. The number of halogens is 1. The van der Waals surface area contributed by atoms with Crippen LogP contribution in [0.2, 0.25) is 0 Å². The number of nitrogens with one attached hydrogen (secondary N) is 1. The molecule has 1 aromatic carbocycles. The number of hydrogen-bond acceptors (Lipinski definition) is 2. The van der Waals surface area contributed by atoms with Crippen molar-refractivity contribution in [2.45, 2.75) is 13.3 Å². The van der Waals surface area contributed by atoms with E-state index >= 15 is 0 Å². The van der Waals surface area contributed by atoms with E-state index in [1.165, 1.54) is 12.1 Å². The fraction of sp³-hybridized carbons (Fsp3) is 0.308. The molecule has 0 aliphatic heterocycles. The third-order valence-corrected chi connectivity index (χ3v) is 2.64. The Kier molecular flexibility index (Phi) is 3.42. The summed E-state index contributed by atoms with van der Waals surface area (Å²) in [5.41, 5.74) is 1.74. The smallest absolute Gasteiger partial charge is 0.125 e. The van der Waals surface area contributed by atoms with E-state index in [0.717, 1.165) is 30.0 Å². The van der Waals surface area contributed by atoms with Crippen molar-refractivity contribution in [2.75, 3.05) is 11.9 Å². The van der Waals surface area contributed by atoms with Crippen molar-refractivity contribution in [3.05, 3.63) is 47.8 Å². The lowest BCUT2D eigenvalue weighted by atomic mass is 10.2. The van der Waals surface area contributed by atoms with Crippen LogP contribution in [0, 0.1) is 12.7 Å². The summed E-state index contributed by atoms with van der Waals surface area (Å²) in [5.74, 6) is 0.815. The van der Waals surface area contributed by atoms with E-state index in [2.05, 4.69) is 10.3 Å². The largest absolute Gasteiger partial charge is 0.385 e. The zero-order chi connectivity index (χ0) is 12.3. The number of benzene rings is 1. The number of anilines is 1. The third kappa shape index (κ3) is 3.06. The molecule has 0 atom stereocenters. The highest BCUT2D eigenvalue weighted by atomic mass is 19.1. The van der Waals surface area contributed by atoms with Crippen molar-refractivity contribution in [1.82, 2.24) is 9.55 Å². The van der Waals surface area contributed by atoms with E-state index in [1.807, 2.05) is 30.8 Å². The van der Waals surface area contributed by atoms with Crippen LogP contribution in [-0.4, -0.2) is 16.1 Å². The zero-order valence-electron chi connectivity index (χ0n) is 10.1. The van der Waals surface area contributed by atoms with Gasteiger partial charge in [-0.2, -0.15) is 0 Å². The van der Waals surface area contributed by atoms with Crippen LogP contribution in [0.25, 0.3) is 0 Å². The van der Waals surface area contributed by atoms with Gasteiger partial charge in [-0.25, -0.2) is 9.37 Å². The summed E-state index contributed by atoms with van der Waals surface area (Å²) in [4.78, 5) is 4.23. The second-order valence-corrected chi connectivity index (χ2v) is 4.15. The molecule has 3 nitrogen and oxygen atoms in total. The third-order valence-electron chi connectivity index (χ3n) is 2.64. The molecule has 0 spiro atoms. The summed E-state index contributed by atoms with van der Waals surface area (Å²) in [6, 6.07) is 4.96. The first-order chi connectivity index (χ1) is 8.15. The summed E-state index contributed by atoms with van der Waals surface area (Å²) < 4.78 is 15.1. The van der Waals surface area contributed by atoms with Gasteiger partial charge < -0.3 is 9.88 Å². The van der Waals surface area contributed by atoms with Crippen LogP contribution in [0.4, 0.5) is 10.1 Å². The van der Waals surface area contributed by atoms with E-state index in [9.17, 15) is 4.39 Å². The lowest BCUT2D eigenvalue weighted by molar-refractivity contribution is 0.627.